The van der Waals surface area contributed by atoms with Gasteiger partial charge in [-0.15, -0.1) is 6.58 Å². The molecule has 0 fully saturated rings. The summed E-state index contributed by atoms with van der Waals surface area (Å²) in [7, 11) is -3.16. The molecular weight excluding hydrogens is 171 g/mol. The van der Waals surface area contributed by atoms with Crippen molar-refractivity contribution in [2.75, 3.05) is 6.16 Å². The second-order valence-electron chi connectivity index (χ2n) is 2.51. The van der Waals surface area contributed by atoms with Crippen LogP contribution in [0.1, 0.15) is 0 Å². The van der Waals surface area contributed by atoms with Crippen molar-refractivity contribution in [3.8, 4) is 0 Å². The fourth-order valence-electron chi connectivity index (χ4n) is 0.941. The average Bonchev–Trinajstić information content (AvgIpc) is 2.06. The molecule has 1 N–H and O–H groups in total. The first-order chi connectivity index (χ1) is 5.67. The van der Waals surface area contributed by atoms with Crippen molar-refractivity contribution in [1.82, 2.24) is 0 Å². The first-order valence-electron chi connectivity index (χ1n) is 3.65. The lowest BCUT2D eigenvalue weighted by Gasteiger charge is -2.07. The van der Waals surface area contributed by atoms with Crippen LogP contribution in [0.4, 0.5) is 0 Å². The standard InChI is InChI=1S/C9H11O2P/c1-2-8-12(10,11)9-6-4-3-5-7-9/h2-7H,1,8H2,(H,10,11). The van der Waals surface area contributed by atoms with Crippen LogP contribution in [0, 0.1) is 0 Å². The van der Waals surface area contributed by atoms with Gasteiger partial charge in [0.05, 0.1) is 0 Å². The van der Waals surface area contributed by atoms with E-state index in [9.17, 15) is 9.46 Å². The van der Waals surface area contributed by atoms with Crippen molar-refractivity contribution in [2.45, 2.75) is 0 Å². The highest BCUT2D eigenvalue weighted by Gasteiger charge is 2.17. The Hall–Kier alpha value is -0.850. The molecule has 1 atom stereocenters. The van der Waals surface area contributed by atoms with Gasteiger partial charge in [-0.1, -0.05) is 24.3 Å². The summed E-state index contributed by atoms with van der Waals surface area (Å²) in [5, 5.41) is 0.491. The largest absolute Gasteiger partial charge is 0.341 e. The Morgan fingerprint density at radius 3 is 2.50 bits per heavy atom. The molecule has 0 aliphatic heterocycles. The van der Waals surface area contributed by atoms with Crippen LogP contribution in [-0.4, -0.2) is 11.1 Å². The van der Waals surface area contributed by atoms with E-state index >= 15 is 0 Å². The summed E-state index contributed by atoms with van der Waals surface area (Å²) in [5.41, 5.74) is 0. The van der Waals surface area contributed by atoms with Crippen molar-refractivity contribution in [3.63, 3.8) is 0 Å². The number of benzene rings is 1. The van der Waals surface area contributed by atoms with Crippen molar-refractivity contribution < 1.29 is 9.46 Å². The smallest absolute Gasteiger partial charge is 0.233 e. The Balaban J connectivity index is 2.98. The quantitative estimate of drug-likeness (QED) is 0.571. The molecular formula is C9H11O2P. The van der Waals surface area contributed by atoms with Crippen molar-refractivity contribution in [1.29, 1.82) is 0 Å². The lowest BCUT2D eigenvalue weighted by molar-refractivity contribution is 0.493. The summed E-state index contributed by atoms with van der Waals surface area (Å²) >= 11 is 0. The van der Waals surface area contributed by atoms with E-state index in [4.69, 9.17) is 0 Å². The Labute approximate surface area is 72.0 Å². The number of rotatable bonds is 3. The molecule has 2 nitrogen and oxygen atoms in total. The molecule has 1 unspecified atom stereocenters. The normalized spacial score (nSPS) is 15.1. The molecule has 1 aromatic carbocycles. The van der Waals surface area contributed by atoms with E-state index in [2.05, 4.69) is 6.58 Å². The van der Waals surface area contributed by atoms with Gasteiger partial charge in [0.15, 0.2) is 0 Å². The third-order valence-electron chi connectivity index (χ3n) is 1.54. The number of hydrogen-bond acceptors (Lipinski definition) is 1. The molecule has 0 aliphatic carbocycles. The molecule has 0 heterocycles. The van der Waals surface area contributed by atoms with Crippen molar-refractivity contribution >= 4 is 12.7 Å². The van der Waals surface area contributed by atoms with Crippen LogP contribution in [0.25, 0.3) is 0 Å². The highest BCUT2D eigenvalue weighted by atomic mass is 31.2. The fraction of sp³-hybridized carbons (Fsp3) is 0.111. The van der Waals surface area contributed by atoms with E-state index in [1.165, 1.54) is 6.08 Å². The van der Waals surface area contributed by atoms with E-state index in [0.717, 1.165) is 0 Å². The van der Waals surface area contributed by atoms with Crippen LogP contribution in [0.2, 0.25) is 0 Å². The third-order valence-corrected chi connectivity index (χ3v) is 3.39. The van der Waals surface area contributed by atoms with Crippen LogP contribution >= 0.6 is 7.37 Å². The molecule has 0 bridgehead atoms. The van der Waals surface area contributed by atoms with Gasteiger partial charge in [0.2, 0.25) is 7.37 Å². The van der Waals surface area contributed by atoms with Gasteiger partial charge in [0.1, 0.15) is 0 Å². The molecule has 0 saturated heterocycles. The summed E-state index contributed by atoms with van der Waals surface area (Å²) in [4.78, 5) is 9.47. The summed E-state index contributed by atoms with van der Waals surface area (Å²) < 4.78 is 11.5. The molecule has 0 aliphatic rings. The zero-order valence-corrected chi connectivity index (χ0v) is 7.58. The van der Waals surface area contributed by atoms with Gasteiger partial charge < -0.3 is 4.89 Å². The maximum atomic E-state index is 11.5. The Morgan fingerprint density at radius 1 is 1.42 bits per heavy atom. The molecule has 0 amide bonds. The van der Waals surface area contributed by atoms with E-state index in [0.29, 0.717) is 5.30 Å². The van der Waals surface area contributed by atoms with Crippen molar-refractivity contribution in [3.05, 3.63) is 43.0 Å². The lowest BCUT2D eigenvalue weighted by atomic mass is 10.4. The second-order valence-corrected chi connectivity index (χ2v) is 4.79. The topological polar surface area (TPSA) is 37.3 Å². The third kappa shape index (κ3) is 2.07. The summed E-state index contributed by atoms with van der Waals surface area (Å²) in [6.07, 6.45) is 1.60. The van der Waals surface area contributed by atoms with Crippen LogP contribution < -0.4 is 5.30 Å². The predicted octanol–water partition coefficient (Wildman–Crippen LogP) is 1.77. The molecule has 0 spiro atoms. The fourth-order valence-corrected chi connectivity index (χ4v) is 2.14. The molecule has 3 heteroatoms. The molecule has 0 saturated carbocycles. The summed E-state index contributed by atoms with van der Waals surface area (Å²) in [5.74, 6) is 0. The van der Waals surface area contributed by atoms with Crippen LogP contribution in [-0.2, 0) is 4.57 Å². The van der Waals surface area contributed by atoms with E-state index in [-0.39, 0.29) is 6.16 Å². The molecule has 64 valence electrons. The van der Waals surface area contributed by atoms with Crippen LogP contribution in [0.15, 0.2) is 43.0 Å². The Morgan fingerprint density at radius 2 is 2.00 bits per heavy atom. The van der Waals surface area contributed by atoms with E-state index < -0.39 is 7.37 Å². The van der Waals surface area contributed by atoms with Gasteiger partial charge in [0, 0.05) is 11.5 Å². The summed E-state index contributed by atoms with van der Waals surface area (Å²) in [6.45, 7) is 3.44. The minimum atomic E-state index is -3.16. The van der Waals surface area contributed by atoms with Crippen LogP contribution in [0.3, 0.4) is 0 Å². The average molecular weight is 182 g/mol. The highest BCUT2D eigenvalue weighted by Crippen LogP contribution is 2.38. The second kappa shape index (κ2) is 3.70. The number of hydrogen-bond donors (Lipinski definition) is 1. The maximum absolute atomic E-state index is 11.5. The molecule has 0 radical (unpaired) electrons. The van der Waals surface area contributed by atoms with Crippen molar-refractivity contribution in [2.24, 2.45) is 0 Å². The van der Waals surface area contributed by atoms with Gasteiger partial charge in [-0.05, 0) is 12.1 Å². The number of allylic oxidation sites excluding steroid dienone is 1. The summed E-state index contributed by atoms with van der Waals surface area (Å²) in [6, 6.07) is 8.63. The first-order valence-corrected chi connectivity index (χ1v) is 5.49. The Kier molecular flexibility index (Phi) is 2.85. The minimum absolute atomic E-state index is 0.136. The Bertz CT molecular complexity index is 306. The van der Waals surface area contributed by atoms with Crippen LogP contribution in [0.5, 0.6) is 0 Å². The molecule has 0 aromatic heterocycles. The van der Waals surface area contributed by atoms with Gasteiger partial charge in [-0.3, -0.25) is 4.57 Å². The zero-order valence-electron chi connectivity index (χ0n) is 6.68. The molecule has 1 aromatic rings. The van der Waals surface area contributed by atoms with Gasteiger partial charge >= 0.3 is 0 Å². The lowest BCUT2D eigenvalue weighted by Crippen LogP contribution is -2.04. The van der Waals surface area contributed by atoms with Gasteiger partial charge in [-0.25, -0.2) is 0 Å². The minimum Gasteiger partial charge on any atom is -0.341 e. The first kappa shape index (κ1) is 9.24. The van der Waals surface area contributed by atoms with E-state index in [1.807, 2.05) is 6.07 Å². The van der Waals surface area contributed by atoms with E-state index in [1.54, 1.807) is 24.3 Å². The van der Waals surface area contributed by atoms with Gasteiger partial charge in [-0.2, -0.15) is 0 Å². The predicted molar refractivity (Wildman–Crippen MR) is 51.0 cm³/mol. The zero-order chi connectivity index (χ0) is 9.03. The van der Waals surface area contributed by atoms with Gasteiger partial charge in [0.25, 0.3) is 0 Å². The highest BCUT2D eigenvalue weighted by molar-refractivity contribution is 7.66. The molecule has 12 heavy (non-hydrogen) atoms. The SMILES string of the molecule is C=CCP(=O)(O)c1ccccc1. The maximum Gasteiger partial charge on any atom is 0.233 e. The molecule has 1 rings (SSSR count). The monoisotopic (exact) mass is 182 g/mol.